The summed E-state index contributed by atoms with van der Waals surface area (Å²) >= 11 is 8.21. The molecule has 44 heavy (non-hydrogen) atoms. The van der Waals surface area contributed by atoms with Gasteiger partial charge in [-0.3, -0.25) is 23.7 Å². The van der Waals surface area contributed by atoms with Crippen LogP contribution in [0.3, 0.4) is 0 Å². The number of nitrogens with zero attached hydrogens (tertiary/aromatic N) is 3. The molecule has 2 aliphatic rings. The highest BCUT2D eigenvalue weighted by Crippen LogP contribution is 2.54. The molecule has 1 aromatic heterocycles. The molecule has 12 heteroatoms. The first-order valence-electron chi connectivity index (χ1n) is 14.1. The lowest BCUT2D eigenvalue weighted by Crippen LogP contribution is -2.33. The normalized spacial score (nSPS) is 19.1. The summed E-state index contributed by atoms with van der Waals surface area (Å²) < 4.78 is 14.7. The molecule has 1 N–H and O–H groups in total. The van der Waals surface area contributed by atoms with Gasteiger partial charge in [0.15, 0.2) is 0 Å². The maximum absolute atomic E-state index is 14.1. The van der Waals surface area contributed by atoms with E-state index in [1.54, 1.807) is 24.3 Å². The van der Waals surface area contributed by atoms with E-state index < -0.39 is 28.8 Å². The molecule has 8 nitrogen and oxygen atoms in total. The molecule has 3 atom stereocenters. The van der Waals surface area contributed by atoms with Crippen LogP contribution in [-0.4, -0.2) is 40.6 Å². The molecular weight excluding hydrogens is 623 g/mol. The highest BCUT2D eigenvalue weighted by molar-refractivity contribution is 8.00. The van der Waals surface area contributed by atoms with E-state index in [0.717, 1.165) is 47.4 Å². The number of rotatable bonds is 8. The number of anilines is 3. The molecule has 0 unspecified atom stereocenters. The van der Waals surface area contributed by atoms with Crippen LogP contribution in [-0.2, 0) is 20.9 Å². The molecule has 0 saturated carbocycles. The molecule has 0 spiro atoms. The fraction of sp³-hybridized carbons (Fsp3) is 0.250. The van der Waals surface area contributed by atoms with Crippen molar-refractivity contribution in [1.29, 1.82) is 0 Å². The van der Waals surface area contributed by atoms with E-state index >= 15 is 0 Å². The van der Waals surface area contributed by atoms with Gasteiger partial charge < -0.3 is 10.2 Å². The SMILES string of the molecule is CCN(CC)c1ccc([C@@H]2c3sc(=O)n(CC(=O)Nc4ccc(F)cc4)c3S[C@H]3C(=O)N(c4ccc(Cl)cc4)C(=O)[C@@H]23)cc1. The minimum absolute atomic E-state index is 0.302. The molecule has 2 aliphatic heterocycles. The first-order valence-corrected chi connectivity index (χ1v) is 16.2. The maximum Gasteiger partial charge on any atom is 0.308 e. The van der Waals surface area contributed by atoms with Gasteiger partial charge in [-0.15, -0.1) is 0 Å². The Hall–Kier alpha value is -3.93. The Balaban J connectivity index is 1.41. The minimum Gasteiger partial charge on any atom is -0.372 e. The third-order valence-corrected chi connectivity index (χ3v) is 10.8. The van der Waals surface area contributed by atoms with Crippen LogP contribution in [0.25, 0.3) is 0 Å². The van der Waals surface area contributed by atoms with Gasteiger partial charge in [0.05, 0.1) is 16.6 Å². The molecule has 0 aliphatic carbocycles. The molecule has 0 radical (unpaired) electrons. The molecule has 3 amide bonds. The summed E-state index contributed by atoms with van der Waals surface area (Å²) in [6, 6.07) is 19.8. The molecule has 1 saturated heterocycles. The highest BCUT2D eigenvalue weighted by Gasteiger charge is 2.56. The number of carbonyl (C=O) groups is 3. The fourth-order valence-corrected chi connectivity index (χ4v) is 8.72. The van der Waals surface area contributed by atoms with E-state index in [1.807, 2.05) is 24.3 Å². The molecule has 6 rings (SSSR count). The average Bonchev–Trinajstić information content (AvgIpc) is 3.46. The van der Waals surface area contributed by atoms with Crippen LogP contribution >= 0.6 is 34.7 Å². The topological polar surface area (TPSA) is 91.7 Å². The quantitative estimate of drug-likeness (QED) is 0.236. The summed E-state index contributed by atoms with van der Waals surface area (Å²) in [5, 5.41) is 2.86. The Morgan fingerprint density at radius 2 is 1.59 bits per heavy atom. The second kappa shape index (κ2) is 12.2. The zero-order valence-electron chi connectivity index (χ0n) is 23.8. The number of hydrogen-bond acceptors (Lipinski definition) is 7. The molecule has 3 heterocycles. The number of nitrogens with one attached hydrogen (secondary N) is 1. The minimum atomic E-state index is -0.807. The molecule has 3 aromatic carbocycles. The van der Waals surface area contributed by atoms with Gasteiger partial charge in [0, 0.05) is 40.3 Å². The van der Waals surface area contributed by atoms with Crippen LogP contribution in [0.2, 0.25) is 5.02 Å². The average molecular weight is 651 g/mol. The van der Waals surface area contributed by atoms with E-state index in [9.17, 15) is 23.6 Å². The second-order valence-electron chi connectivity index (χ2n) is 10.5. The fourth-order valence-electron chi connectivity index (χ4n) is 5.82. The van der Waals surface area contributed by atoms with Crippen molar-refractivity contribution in [1.82, 2.24) is 4.57 Å². The number of fused-ring (bicyclic) bond motifs is 2. The van der Waals surface area contributed by atoms with Crippen LogP contribution < -0.4 is 20.0 Å². The summed E-state index contributed by atoms with van der Waals surface area (Å²) in [5.41, 5.74) is 2.65. The third-order valence-electron chi connectivity index (χ3n) is 7.94. The first kappa shape index (κ1) is 30.1. The van der Waals surface area contributed by atoms with E-state index in [4.69, 9.17) is 11.6 Å². The number of halogens is 2. The second-order valence-corrected chi connectivity index (χ2v) is 13.0. The number of carbonyl (C=O) groups excluding carboxylic acids is 3. The summed E-state index contributed by atoms with van der Waals surface area (Å²) in [7, 11) is 0. The third kappa shape index (κ3) is 5.44. The predicted molar refractivity (Wildman–Crippen MR) is 173 cm³/mol. The molecule has 1 fully saturated rings. The zero-order valence-corrected chi connectivity index (χ0v) is 26.2. The predicted octanol–water partition coefficient (Wildman–Crippen LogP) is 5.98. The first-order chi connectivity index (χ1) is 21.2. The summed E-state index contributed by atoms with van der Waals surface area (Å²) in [6.45, 7) is 5.51. The lowest BCUT2D eigenvalue weighted by molar-refractivity contribution is -0.122. The van der Waals surface area contributed by atoms with E-state index in [-0.39, 0.29) is 23.2 Å². The van der Waals surface area contributed by atoms with Gasteiger partial charge in [0.25, 0.3) is 0 Å². The number of benzene rings is 3. The van der Waals surface area contributed by atoms with Crippen molar-refractivity contribution in [3.63, 3.8) is 0 Å². The van der Waals surface area contributed by atoms with Crippen molar-refractivity contribution in [3.05, 3.63) is 104 Å². The largest absolute Gasteiger partial charge is 0.372 e. The summed E-state index contributed by atoms with van der Waals surface area (Å²) in [5.74, 6) is -2.97. The van der Waals surface area contributed by atoms with E-state index in [2.05, 4.69) is 24.1 Å². The van der Waals surface area contributed by atoms with Gasteiger partial charge in [-0.05, 0) is 80.1 Å². The van der Waals surface area contributed by atoms with Gasteiger partial charge >= 0.3 is 4.87 Å². The number of aromatic nitrogens is 1. The zero-order chi connectivity index (χ0) is 31.1. The van der Waals surface area contributed by atoms with E-state index in [0.29, 0.717) is 26.3 Å². The van der Waals surface area contributed by atoms with Crippen molar-refractivity contribution < 1.29 is 18.8 Å². The molecular formula is C32H28ClFN4O4S2. The Morgan fingerprint density at radius 1 is 0.932 bits per heavy atom. The summed E-state index contributed by atoms with van der Waals surface area (Å²) in [4.78, 5) is 58.0. The Bertz CT molecular complexity index is 1790. The van der Waals surface area contributed by atoms with Gasteiger partial charge in [-0.25, -0.2) is 9.29 Å². The lowest BCUT2D eigenvalue weighted by Gasteiger charge is -2.31. The van der Waals surface area contributed by atoms with Crippen LogP contribution in [0, 0.1) is 11.7 Å². The monoisotopic (exact) mass is 650 g/mol. The molecule has 226 valence electrons. The Labute approximate surface area is 266 Å². The summed E-state index contributed by atoms with van der Waals surface area (Å²) in [6.07, 6.45) is 0. The van der Waals surface area contributed by atoms with Crippen LogP contribution in [0.5, 0.6) is 0 Å². The number of thioether (sulfide) groups is 1. The van der Waals surface area contributed by atoms with Crippen molar-refractivity contribution in [2.45, 2.75) is 36.6 Å². The number of hydrogen-bond donors (Lipinski definition) is 1. The van der Waals surface area contributed by atoms with Gasteiger partial charge in [0.1, 0.15) is 17.6 Å². The van der Waals surface area contributed by atoms with Gasteiger partial charge in [0.2, 0.25) is 17.7 Å². The Kier molecular flexibility index (Phi) is 8.36. The molecule has 4 aromatic rings. The van der Waals surface area contributed by atoms with Crippen molar-refractivity contribution in [2.75, 3.05) is 28.2 Å². The van der Waals surface area contributed by atoms with E-state index in [1.165, 1.54) is 33.7 Å². The number of imide groups is 1. The highest BCUT2D eigenvalue weighted by atomic mass is 35.5. The smallest absolute Gasteiger partial charge is 0.308 e. The van der Waals surface area contributed by atoms with Crippen molar-refractivity contribution >= 4 is 69.5 Å². The number of amides is 3. The van der Waals surface area contributed by atoms with Crippen LogP contribution in [0.4, 0.5) is 21.5 Å². The van der Waals surface area contributed by atoms with Crippen LogP contribution in [0.15, 0.2) is 82.6 Å². The van der Waals surface area contributed by atoms with Crippen LogP contribution in [0.1, 0.15) is 30.2 Å². The van der Waals surface area contributed by atoms with Gasteiger partial charge in [-0.2, -0.15) is 0 Å². The Morgan fingerprint density at radius 3 is 2.23 bits per heavy atom. The van der Waals surface area contributed by atoms with Gasteiger partial charge in [-0.1, -0.05) is 46.8 Å². The van der Waals surface area contributed by atoms with Crippen molar-refractivity contribution in [3.8, 4) is 0 Å². The van der Waals surface area contributed by atoms with Crippen molar-refractivity contribution in [2.24, 2.45) is 5.92 Å². The molecule has 0 bridgehead atoms. The maximum atomic E-state index is 14.1. The standard InChI is InChI=1S/C32H28ClFN4O4S2/c1-3-36(4-2)22-13-5-18(6-14-22)25-26-27(30(41)38(29(26)40)23-15-7-19(33)8-16-23)43-31-28(25)44-32(42)37(31)17-24(39)35-21-11-9-20(34)10-12-21/h5-16,25-27H,3-4,17H2,1-2H3,(H,35,39)/t25-,26-,27+/m0/s1. The number of thiazole rings is 1. The lowest BCUT2D eigenvalue weighted by atomic mass is 9.83.